The first kappa shape index (κ1) is 33.9. The zero-order valence-electron chi connectivity index (χ0n) is 26.2. The first-order valence-electron chi connectivity index (χ1n) is 16.2. The van der Waals surface area contributed by atoms with Crippen molar-refractivity contribution in [3.63, 3.8) is 0 Å². The quantitative estimate of drug-likeness (QED) is 0.392. The molecule has 0 spiro atoms. The molecule has 2 aromatic rings. The number of nitrogens with zero attached hydrogens (tertiary/aromatic N) is 2. The number of nitrogens with one attached hydrogen (secondary N) is 3. The van der Waals surface area contributed by atoms with Crippen molar-refractivity contribution in [1.29, 1.82) is 0 Å². The first-order valence-corrected chi connectivity index (χ1v) is 17.7. The lowest BCUT2D eigenvalue weighted by molar-refractivity contribution is -0.177. The van der Waals surface area contributed by atoms with Gasteiger partial charge in [0.1, 0.15) is 17.7 Å². The number of sulfonamides is 1. The zero-order chi connectivity index (χ0) is 34.3. The number of ether oxygens (including phenoxy) is 1. The molecule has 11 nitrogen and oxygen atoms in total. The molecule has 3 fully saturated rings. The molecule has 2 aliphatic carbocycles. The summed E-state index contributed by atoms with van der Waals surface area (Å²) in [5, 5.41) is 5.71. The highest BCUT2D eigenvalue weighted by Gasteiger charge is 2.62. The van der Waals surface area contributed by atoms with Crippen molar-refractivity contribution in [2.75, 3.05) is 13.1 Å². The van der Waals surface area contributed by atoms with Crippen LogP contribution in [0, 0.1) is 5.92 Å². The van der Waals surface area contributed by atoms with Crippen molar-refractivity contribution >= 4 is 44.6 Å². The number of rotatable bonds is 6. The van der Waals surface area contributed by atoms with E-state index < -0.39 is 68.8 Å². The highest BCUT2D eigenvalue weighted by atomic mass is 32.2. The predicted octanol–water partition coefficient (Wildman–Crippen LogP) is 3.36. The van der Waals surface area contributed by atoms with Gasteiger partial charge in [-0.2, -0.15) is 13.2 Å². The molecule has 1 aromatic heterocycles. The van der Waals surface area contributed by atoms with Gasteiger partial charge >= 0.3 is 6.18 Å². The summed E-state index contributed by atoms with van der Waals surface area (Å²) >= 11 is 0. The molecule has 2 saturated carbocycles. The van der Waals surface area contributed by atoms with Crippen molar-refractivity contribution in [2.45, 2.75) is 86.5 Å². The summed E-state index contributed by atoms with van der Waals surface area (Å²) in [6.07, 6.45) is 4.17. The standard InChI is InChI=1S/C33H38F3N5O6S/c1-2-22-18-32(22,31(44)40-48(45,46)24-11-12-24)39-28(42)26-17-23-19-41(26)30(43)27(33(34,35)36)37-14-7-5-3-4-6-8-20-9-10-21-13-15-38-29(47-23)25(21)16-20/h2,6,8-10,13,15-16,22-24,26-27,37H,1,3-5,7,11-12,14,17-19H2,(H,39,42)(H,40,44)/b8-6+/t22-,23+,26-,27?,32+/m0/s1. The Morgan fingerprint density at radius 1 is 1.17 bits per heavy atom. The fourth-order valence-electron chi connectivity index (χ4n) is 6.45. The van der Waals surface area contributed by atoms with Gasteiger partial charge in [-0.25, -0.2) is 13.4 Å². The lowest BCUT2D eigenvalue weighted by Crippen LogP contribution is -2.60. The van der Waals surface area contributed by atoms with Crippen molar-refractivity contribution < 1.29 is 40.7 Å². The third-order valence-electron chi connectivity index (χ3n) is 9.41. The van der Waals surface area contributed by atoms with Crippen molar-refractivity contribution in [2.24, 2.45) is 5.92 Å². The lowest BCUT2D eigenvalue weighted by Gasteiger charge is -2.30. The van der Waals surface area contributed by atoms with Crippen LogP contribution in [-0.2, 0) is 24.4 Å². The smallest absolute Gasteiger partial charge is 0.412 e. The molecule has 3 amide bonds. The normalized spacial score (nSPS) is 29.0. The van der Waals surface area contributed by atoms with E-state index in [0.29, 0.717) is 31.1 Å². The van der Waals surface area contributed by atoms with E-state index in [4.69, 9.17) is 4.74 Å². The van der Waals surface area contributed by atoms with E-state index in [1.165, 1.54) is 12.3 Å². The van der Waals surface area contributed by atoms with E-state index in [1.807, 2.05) is 30.4 Å². The number of alkyl halides is 3. The first-order chi connectivity index (χ1) is 22.8. The number of pyridine rings is 1. The molecule has 3 heterocycles. The molecule has 15 heteroatoms. The van der Waals surface area contributed by atoms with E-state index in [9.17, 15) is 36.0 Å². The van der Waals surface area contributed by atoms with Gasteiger partial charge in [-0.05, 0) is 68.2 Å². The molecule has 258 valence electrons. The summed E-state index contributed by atoms with van der Waals surface area (Å²) in [7, 11) is -3.96. The number of hydrogen-bond donors (Lipinski definition) is 3. The molecular formula is C33H38F3N5O6S. The molecule has 5 atom stereocenters. The molecule has 48 heavy (non-hydrogen) atoms. The van der Waals surface area contributed by atoms with E-state index in [0.717, 1.165) is 28.7 Å². The summed E-state index contributed by atoms with van der Waals surface area (Å²) < 4.78 is 76.4. The minimum Gasteiger partial charge on any atom is -0.472 e. The molecule has 1 unspecified atom stereocenters. The number of carbonyl (C=O) groups excluding carboxylic acids is 3. The van der Waals surface area contributed by atoms with Gasteiger partial charge in [-0.15, -0.1) is 6.58 Å². The van der Waals surface area contributed by atoms with E-state index in [-0.39, 0.29) is 31.8 Å². The van der Waals surface area contributed by atoms with E-state index in [2.05, 4.69) is 26.9 Å². The molecule has 4 aliphatic rings. The number of allylic oxidation sites excluding steroid dienone is 1. The highest BCUT2D eigenvalue weighted by Crippen LogP contribution is 2.45. The van der Waals surface area contributed by atoms with Gasteiger partial charge in [-0.1, -0.05) is 36.8 Å². The lowest BCUT2D eigenvalue weighted by atomic mass is 10.1. The third kappa shape index (κ3) is 7.07. The summed E-state index contributed by atoms with van der Waals surface area (Å²) in [6.45, 7) is 3.24. The maximum atomic E-state index is 14.3. The number of hydrogen-bond acceptors (Lipinski definition) is 8. The average Bonchev–Trinajstić information content (AvgIpc) is 3.96. The average molecular weight is 690 g/mol. The maximum Gasteiger partial charge on any atom is 0.412 e. The number of fused-ring (bicyclic) bond motifs is 3. The second kappa shape index (κ2) is 13.1. The molecule has 1 aromatic carbocycles. The van der Waals surface area contributed by atoms with Crippen LogP contribution in [0.3, 0.4) is 0 Å². The van der Waals surface area contributed by atoms with E-state index in [1.54, 1.807) is 6.07 Å². The fraction of sp³-hybridized carbons (Fsp3) is 0.515. The number of amides is 3. The van der Waals surface area contributed by atoms with Crippen LogP contribution in [0.4, 0.5) is 13.2 Å². The second-order valence-electron chi connectivity index (χ2n) is 12.9. The Kier molecular flexibility index (Phi) is 9.28. The van der Waals surface area contributed by atoms with E-state index >= 15 is 0 Å². The number of benzene rings is 1. The Morgan fingerprint density at radius 3 is 2.67 bits per heavy atom. The van der Waals surface area contributed by atoms with Crippen LogP contribution in [-0.4, -0.2) is 84.3 Å². The highest BCUT2D eigenvalue weighted by molar-refractivity contribution is 7.91. The number of carbonyl (C=O) groups is 3. The molecule has 2 aliphatic heterocycles. The Labute approximate surface area is 276 Å². The van der Waals surface area contributed by atoms with Crippen LogP contribution in [0.15, 0.2) is 49.2 Å². The largest absolute Gasteiger partial charge is 0.472 e. The minimum atomic E-state index is -4.96. The maximum absolute atomic E-state index is 14.3. The number of halogens is 3. The molecule has 3 N–H and O–H groups in total. The summed E-state index contributed by atoms with van der Waals surface area (Å²) in [5.41, 5.74) is -0.770. The Hall–Kier alpha value is -3.98. The van der Waals surface area contributed by atoms with Gasteiger partial charge in [0.25, 0.3) is 5.91 Å². The Bertz CT molecular complexity index is 1750. The zero-order valence-corrected chi connectivity index (χ0v) is 27.0. The van der Waals surface area contributed by atoms with Crippen molar-refractivity contribution in [3.05, 3.63) is 54.8 Å². The molecular weight excluding hydrogens is 651 g/mol. The molecule has 4 bridgehead atoms. The Morgan fingerprint density at radius 2 is 1.96 bits per heavy atom. The fourth-order valence-corrected chi connectivity index (χ4v) is 7.81. The molecule has 1 saturated heterocycles. The van der Waals surface area contributed by atoms with Gasteiger partial charge in [0.05, 0.1) is 11.8 Å². The van der Waals surface area contributed by atoms with Gasteiger partial charge in [-0.3, -0.25) is 24.4 Å². The van der Waals surface area contributed by atoms with Crippen molar-refractivity contribution in [3.8, 4) is 5.88 Å². The molecule has 0 radical (unpaired) electrons. The Balaban J connectivity index is 1.31. The number of aromatic nitrogens is 1. The van der Waals surface area contributed by atoms with Gasteiger partial charge < -0.3 is 15.0 Å². The van der Waals surface area contributed by atoms with Gasteiger partial charge in [0.15, 0.2) is 6.04 Å². The summed E-state index contributed by atoms with van der Waals surface area (Å²) in [4.78, 5) is 46.1. The minimum absolute atomic E-state index is 0.0400. The summed E-state index contributed by atoms with van der Waals surface area (Å²) in [5.74, 6) is -3.63. The SMILES string of the molecule is C=C[C@H]1C[C@]1(NC(=O)[C@@H]1C[C@@H]2CN1C(=O)C(C(F)(F)F)NCCCCC/C=C/c1ccc3ccnc(c3c1)O2)C(=O)NS(=O)(=O)C1CC1. The van der Waals surface area contributed by atoms with Gasteiger partial charge in [0.2, 0.25) is 27.7 Å². The summed E-state index contributed by atoms with van der Waals surface area (Å²) in [6, 6.07) is 3.51. The third-order valence-corrected chi connectivity index (χ3v) is 11.2. The van der Waals surface area contributed by atoms with Crippen LogP contribution in [0.25, 0.3) is 16.8 Å². The van der Waals surface area contributed by atoms with Crippen LogP contribution in [0.1, 0.15) is 56.9 Å². The molecule has 6 rings (SSSR count). The van der Waals surface area contributed by atoms with Crippen LogP contribution in [0.5, 0.6) is 5.88 Å². The predicted molar refractivity (Wildman–Crippen MR) is 171 cm³/mol. The van der Waals surface area contributed by atoms with Crippen LogP contribution in [0.2, 0.25) is 0 Å². The van der Waals surface area contributed by atoms with Gasteiger partial charge in [0, 0.05) is 23.9 Å². The van der Waals surface area contributed by atoms with Crippen LogP contribution < -0.4 is 20.1 Å². The van der Waals surface area contributed by atoms with Crippen molar-refractivity contribution in [1.82, 2.24) is 25.2 Å². The second-order valence-corrected chi connectivity index (χ2v) is 14.9. The topological polar surface area (TPSA) is 147 Å². The monoisotopic (exact) mass is 689 g/mol. The van der Waals surface area contributed by atoms with Crippen LogP contribution >= 0.6 is 0 Å².